The Balaban J connectivity index is 1.80. The fraction of sp³-hybridized carbons (Fsp3) is 0.529. The van der Waals surface area contributed by atoms with E-state index < -0.39 is 0 Å². The first kappa shape index (κ1) is 17.3. The second-order valence-electron chi connectivity index (χ2n) is 5.78. The molecule has 1 aromatic rings. The molecule has 23 heavy (non-hydrogen) atoms. The van der Waals surface area contributed by atoms with Crippen molar-refractivity contribution >= 4 is 12.0 Å². The Morgan fingerprint density at radius 3 is 2.74 bits per heavy atom. The number of hydrogen-bond donors (Lipinski definition) is 1. The van der Waals surface area contributed by atoms with E-state index in [0.717, 1.165) is 18.5 Å². The van der Waals surface area contributed by atoms with E-state index in [4.69, 9.17) is 10.5 Å². The van der Waals surface area contributed by atoms with E-state index in [2.05, 4.69) is 0 Å². The Morgan fingerprint density at radius 2 is 2.09 bits per heavy atom. The zero-order valence-corrected chi connectivity index (χ0v) is 13.6. The van der Waals surface area contributed by atoms with Crippen molar-refractivity contribution in [3.8, 4) is 0 Å². The highest BCUT2D eigenvalue weighted by Gasteiger charge is 2.28. The van der Waals surface area contributed by atoms with Crippen molar-refractivity contribution in [1.82, 2.24) is 9.80 Å². The van der Waals surface area contributed by atoms with Crippen molar-refractivity contribution < 1.29 is 14.3 Å². The van der Waals surface area contributed by atoms with E-state index in [-0.39, 0.29) is 31.1 Å². The molecule has 0 saturated carbocycles. The lowest BCUT2D eigenvalue weighted by atomic mass is 10.1. The van der Waals surface area contributed by atoms with Crippen LogP contribution in [0, 0.1) is 5.92 Å². The maximum atomic E-state index is 12.2. The number of nitrogens with zero attached hydrogens (tertiary/aromatic N) is 2. The Kier molecular flexibility index (Phi) is 6.40. The summed E-state index contributed by atoms with van der Waals surface area (Å²) >= 11 is 0. The summed E-state index contributed by atoms with van der Waals surface area (Å²) in [5, 5.41) is 0. The van der Waals surface area contributed by atoms with E-state index in [0.29, 0.717) is 19.6 Å². The van der Waals surface area contributed by atoms with E-state index in [9.17, 15) is 9.59 Å². The standard InChI is InChI=1S/C17H25N3O3/c1-2-19(11-15-8-9-20(12-15)16(21)10-18)17(22)23-13-14-6-4-3-5-7-14/h3-7,15H,2,8-13,18H2,1H3/t15-/m0/s1. The zero-order valence-electron chi connectivity index (χ0n) is 13.6. The Bertz CT molecular complexity index is 521. The molecule has 1 atom stereocenters. The molecule has 1 aliphatic rings. The number of rotatable bonds is 6. The third kappa shape index (κ3) is 4.96. The predicted molar refractivity (Wildman–Crippen MR) is 87.6 cm³/mol. The lowest BCUT2D eigenvalue weighted by Gasteiger charge is -2.24. The first-order chi connectivity index (χ1) is 11.1. The van der Waals surface area contributed by atoms with Crippen LogP contribution in [0.15, 0.2) is 30.3 Å². The molecule has 0 spiro atoms. The number of ether oxygens (including phenoxy) is 1. The molecule has 0 aromatic heterocycles. The van der Waals surface area contributed by atoms with Gasteiger partial charge in [0.25, 0.3) is 0 Å². The molecule has 2 N–H and O–H groups in total. The number of hydrogen-bond acceptors (Lipinski definition) is 4. The molecule has 126 valence electrons. The molecule has 1 fully saturated rings. The van der Waals surface area contributed by atoms with Gasteiger partial charge in [0.2, 0.25) is 5.91 Å². The zero-order chi connectivity index (χ0) is 16.7. The molecule has 6 heteroatoms. The van der Waals surface area contributed by atoms with E-state index in [1.54, 1.807) is 9.80 Å². The summed E-state index contributed by atoms with van der Waals surface area (Å²) in [6, 6.07) is 9.62. The second-order valence-corrected chi connectivity index (χ2v) is 5.78. The van der Waals surface area contributed by atoms with Crippen molar-refractivity contribution in [2.75, 3.05) is 32.7 Å². The van der Waals surface area contributed by atoms with Gasteiger partial charge in [0, 0.05) is 26.2 Å². The summed E-state index contributed by atoms with van der Waals surface area (Å²) in [7, 11) is 0. The Hall–Kier alpha value is -2.08. The van der Waals surface area contributed by atoms with Gasteiger partial charge in [0.1, 0.15) is 6.61 Å². The highest BCUT2D eigenvalue weighted by atomic mass is 16.6. The van der Waals surface area contributed by atoms with Gasteiger partial charge in [-0.2, -0.15) is 0 Å². The van der Waals surface area contributed by atoms with Crippen LogP contribution in [0.3, 0.4) is 0 Å². The lowest BCUT2D eigenvalue weighted by molar-refractivity contribution is -0.128. The summed E-state index contributed by atoms with van der Waals surface area (Å²) in [6.07, 6.45) is 0.591. The quantitative estimate of drug-likeness (QED) is 0.861. The molecule has 0 bridgehead atoms. The van der Waals surface area contributed by atoms with Gasteiger partial charge in [-0.25, -0.2) is 4.79 Å². The van der Waals surface area contributed by atoms with Crippen LogP contribution < -0.4 is 5.73 Å². The SMILES string of the molecule is CCN(C[C@@H]1CCN(C(=O)CN)C1)C(=O)OCc1ccccc1. The largest absolute Gasteiger partial charge is 0.445 e. The van der Waals surface area contributed by atoms with Crippen molar-refractivity contribution in [3.63, 3.8) is 0 Å². The summed E-state index contributed by atoms with van der Waals surface area (Å²) in [4.78, 5) is 27.3. The normalized spacial score (nSPS) is 17.1. The average molecular weight is 319 g/mol. The molecule has 1 saturated heterocycles. The Morgan fingerprint density at radius 1 is 1.35 bits per heavy atom. The van der Waals surface area contributed by atoms with Crippen LogP contribution in [0.25, 0.3) is 0 Å². The molecule has 1 heterocycles. The fourth-order valence-corrected chi connectivity index (χ4v) is 2.79. The van der Waals surface area contributed by atoms with Crippen LogP contribution >= 0.6 is 0 Å². The summed E-state index contributed by atoms with van der Waals surface area (Å²) in [5.41, 5.74) is 6.36. The van der Waals surface area contributed by atoms with Crippen molar-refractivity contribution in [2.24, 2.45) is 11.7 Å². The third-order valence-electron chi connectivity index (χ3n) is 4.14. The van der Waals surface area contributed by atoms with Gasteiger partial charge in [-0.1, -0.05) is 30.3 Å². The summed E-state index contributed by atoms with van der Waals surface area (Å²) < 4.78 is 5.37. The van der Waals surface area contributed by atoms with Gasteiger partial charge < -0.3 is 20.3 Å². The molecule has 2 rings (SSSR count). The average Bonchev–Trinajstić information content (AvgIpc) is 3.06. The molecule has 1 aliphatic heterocycles. The number of carbonyl (C=O) groups excluding carboxylic acids is 2. The lowest BCUT2D eigenvalue weighted by Crippen LogP contribution is -2.38. The maximum absolute atomic E-state index is 12.2. The number of nitrogens with two attached hydrogens (primary N) is 1. The van der Waals surface area contributed by atoms with E-state index >= 15 is 0 Å². The van der Waals surface area contributed by atoms with Crippen LogP contribution in [-0.4, -0.2) is 54.5 Å². The van der Waals surface area contributed by atoms with Crippen molar-refractivity contribution in [1.29, 1.82) is 0 Å². The number of carbonyl (C=O) groups is 2. The summed E-state index contributed by atoms with van der Waals surface area (Å²) in [5.74, 6) is 0.261. The molecule has 2 amide bonds. The van der Waals surface area contributed by atoms with Crippen LogP contribution in [0.5, 0.6) is 0 Å². The van der Waals surface area contributed by atoms with Crippen LogP contribution in [0.4, 0.5) is 4.79 Å². The smallest absolute Gasteiger partial charge is 0.410 e. The first-order valence-electron chi connectivity index (χ1n) is 8.07. The Labute approximate surface area is 137 Å². The minimum atomic E-state index is -0.306. The van der Waals surface area contributed by atoms with Crippen molar-refractivity contribution in [3.05, 3.63) is 35.9 Å². The summed E-state index contributed by atoms with van der Waals surface area (Å²) in [6.45, 7) is 4.84. The molecule has 0 radical (unpaired) electrons. The van der Waals surface area contributed by atoms with Crippen LogP contribution in [0.1, 0.15) is 18.9 Å². The van der Waals surface area contributed by atoms with Gasteiger partial charge in [0.15, 0.2) is 0 Å². The van der Waals surface area contributed by atoms with Crippen LogP contribution in [-0.2, 0) is 16.1 Å². The molecule has 6 nitrogen and oxygen atoms in total. The molecule has 0 aliphatic carbocycles. The highest BCUT2D eigenvalue weighted by molar-refractivity contribution is 5.78. The fourth-order valence-electron chi connectivity index (χ4n) is 2.79. The van der Waals surface area contributed by atoms with Gasteiger partial charge in [-0.05, 0) is 24.8 Å². The monoisotopic (exact) mass is 319 g/mol. The van der Waals surface area contributed by atoms with Gasteiger partial charge >= 0.3 is 6.09 Å². The van der Waals surface area contributed by atoms with Gasteiger partial charge in [0.05, 0.1) is 6.54 Å². The number of likely N-dealkylation sites (tertiary alicyclic amines) is 1. The van der Waals surface area contributed by atoms with E-state index in [1.807, 2.05) is 37.3 Å². The molecular weight excluding hydrogens is 294 g/mol. The minimum Gasteiger partial charge on any atom is -0.445 e. The van der Waals surface area contributed by atoms with E-state index in [1.165, 1.54) is 0 Å². The molecule has 0 unspecified atom stereocenters. The first-order valence-corrected chi connectivity index (χ1v) is 8.07. The van der Waals surface area contributed by atoms with Crippen LogP contribution in [0.2, 0.25) is 0 Å². The predicted octanol–water partition coefficient (Wildman–Crippen LogP) is 1.45. The van der Waals surface area contributed by atoms with Crippen molar-refractivity contribution in [2.45, 2.75) is 20.0 Å². The topological polar surface area (TPSA) is 75.9 Å². The van der Waals surface area contributed by atoms with Gasteiger partial charge in [-0.15, -0.1) is 0 Å². The van der Waals surface area contributed by atoms with Gasteiger partial charge in [-0.3, -0.25) is 4.79 Å². The second kappa shape index (κ2) is 8.53. The third-order valence-corrected chi connectivity index (χ3v) is 4.14. The molecule has 1 aromatic carbocycles. The minimum absolute atomic E-state index is 0.0257. The highest BCUT2D eigenvalue weighted by Crippen LogP contribution is 2.18. The maximum Gasteiger partial charge on any atom is 0.410 e. The number of amides is 2. The number of benzene rings is 1. The molecular formula is C17H25N3O3.